The van der Waals surface area contributed by atoms with Crippen LogP contribution in [0.1, 0.15) is 25.3 Å². The number of hydrogen-bond acceptors (Lipinski definition) is 2. The van der Waals surface area contributed by atoms with Gasteiger partial charge in [-0.25, -0.2) is 0 Å². The van der Waals surface area contributed by atoms with Gasteiger partial charge in [0.2, 0.25) is 0 Å². The molecule has 2 rings (SSSR count). The van der Waals surface area contributed by atoms with Crippen LogP contribution in [0.5, 0.6) is 0 Å². The van der Waals surface area contributed by atoms with E-state index in [-0.39, 0.29) is 5.97 Å². The lowest BCUT2D eigenvalue weighted by molar-refractivity contribution is -0.144. The molecule has 0 N–H and O–H groups in total. The van der Waals surface area contributed by atoms with Crippen LogP contribution in [-0.4, -0.2) is 16.9 Å². The molecule has 0 radical (unpaired) electrons. The van der Waals surface area contributed by atoms with Gasteiger partial charge in [0.1, 0.15) is 4.32 Å². The summed E-state index contributed by atoms with van der Waals surface area (Å²) in [4.78, 5) is 12.0. The standard InChI is InChI=1S/C18H19BrO2/c1-2-14-21-17(20)18(19)12-10-16(11-13-18)9-8-15-6-4-3-5-7-15/h3-12H,2,13-14H2,1H3. The Morgan fingerprint density at radius 2 is 2.10 bits per heavy atom. The van der Waals surface area contributed by atoms with Crippen molar-refractivity contribution in [2.24, 2.45) is 0 Å². The fourth-order valence-corrected chi connectivity index (χ4v) is 2.39. The molecule has 3 heteroatoms. The fraction of sp³-hybridized carbons (Fsp3) is 0.278. The molecule has 0 spiro atoms. The maximum absolute atomic E-state index is 12.0. The van der Waals surface area contributed by atoms with Crippen LogP contribution in [0.25, 0.3) is 6.08 Å². The summed E-state index contributed by atoms with van der Waals surface area (Å²) < 4.78 is 4.50. The zero-order chi connectivity index (χ0) is 15.1. The van der Waals surface area contributed by atoms with E-state index in [2.05, 4.69) is 40.2 Å². The molecule has 21 heavy (non-hydrogen) atoms. The van der Waals surface area contributed by atoms with Gasteiger partial charge in [-0.3, -0.25) is 4.79 Å². The van der Waals surface area contributed by atoms with Crippen molar-refractivity contribution >= 4 is 28.0 Å². The Morgan fingerprint density at radius 3 is 2.71 bits per heavy atom. The van der Waals surface area contributed by atoms with Gasteiger partial charge in [-0.05, 0) is 24.0 Å². The molecule has 1 aliphatic rings. The molecule has 1 atom stereocenters. The molecule has 0 saturated heterocycles. The van der Waals surface area contributed by atoms with Crippen molar-refractivity contribution in [1.29, 1.82) is 0 Å². The fourth-order valence-electron chi connectivity index (χ4n) is 1.98. The number of alkyl halides is 1. The van der Waals surface area contributed by atoms with E-state index in [4.69, 9.17) is 4.74 Å². The maximum Gasteiger partial charge on any atom is 0.327 e. The number of carbonyl (C=O) groups excluding carboxylic acids is 1. The second kappa shape index (κ2) is 7.41. The smallest absolute Gasteiger partial charge is 0.327 e. The first-order valence-corrected chi connectivity index (χ1v) is 7.92. The molecular formula is C18H19BrO2. The summed E-state index contributed by atoms with van der Waals surface area (Å²) in [5.41, 5.74) is 2.25. The zero-order valence-electron chi connectivity index (χ0n) is 12.1. The summed E-state index contributed by atoms with van der Waals surface area (Å²) in [5.74, 6) is -0.220. The van der Waals surface area contributed by atoms with Gasteiger partial charge in [-0.2, -0.15) is 0 Å². The van der Waals surface area contributed by atoms with Crippen LogP contribution in [-0.2, 0) is 9.53 Å². The van der Waals surface area contributed by atoms with Crippen molar-refractivity contribution in [2.45, 2.75) is 24.1 Å². The van der Waals surface area contributed by atoms with E-state index < -0.39 is 4.32 Å². The highest BCUT2D eigenvalue weighted by Gasteiger charge is 2.34. The van der Waals surface area contributed by atoms with Crippen LogP contribution in [0.3, 0.4) is 0 Å². The molecule has 1 aromatic rings. The number of carbonyl (C=O) groups is 1. The molecule has 2 nitrogen and oxygen atoms in total. The van der Waals surface area contributed by atoms with Crippen molar-refractivity contribution in [1.82, 2.24) is 0 Å². The van der Waals surface area contributed by atoms with E-state index in [0.717, 1.165) is 17.6 Å². The summed E-state index contributed by atoms with van der Waals surface area (Å²) >= 11 is 3.48. The molecule has 0 heterocycles. The molecule has 0 amide bonds. The van der Waals surface area contributed by atoms with E-state index in [1.165, 1.54) is 0 Å². The third-order valence-electron chi connectivity index (χ3n) is 3.22. The molecule has 110 valence electrons. The molecule has 1 unspecified atom stereocenters. The molecule has 0 aromatic heterocycles. The Kier molecular flexibility index (Phi) is 5.57. The van der Waals surface area contributed by atoms with Crippen LogP contribution in [0, 0.1) is 0 Å². The number of allylic oxidation sites excluding steroid dienone is 4. The summed E-state index contributed by atoms with van der Waals surface area (Å²) in [6.07, 6.45) is 11.4. The van der Waals surface area contributed by atoms with Crippen LogP contribution in [0.4, 0.5) is 0 Å². The Hall–Kier alpha value is -1.61. The van der Waals surface area contributed by atoms with E-state index in [1.54, 1.807) is 0 Å². The van der Waals surface area contributed by atoms with Gasteiger partial charge in [0, 0.05) is 0 Å². The van der Waals surface area contributed by atoms with Crippen molar-refractivity contribution in [2.75, 3.05) is 6.61 Å². The number of halogens is 1. The summed E-state index contributed by atoms with van der Waals surface area (Å²) in [5, 5.41) is 0. The number of hydrogen-bond donors (Lipinski definition) is 0. The van der Waals surface area contributed by atoms with Gasteiger partial charge in [-0.15, -0.1) is 0 Å². The minimum atomic E-state index is -0.716. The van der Waals surface area contributed by atoms with Gasteiger partial charge in [0.05, 0.1) is 6.61 Å². The molecule has 0 fully saturated rings. The highest BCUT2D eigenvalue weighted by atomic mass is 79.9. The van der Waals surface area contributed by atoms with Gasteiger partial charge in [-0.1, -0.05) is 83.6 Å². The Morgan fingerprint density at radius 1 is 1.33 bits per heavy atom. The first-order chi connectivity index (χ1) is 10.1. The quantitative estimate of drug-likeness (QED) is 0.571. The summed E-state index contributed by atoms with van der Waals surface area (Å²) in [7, 11) is 0. The monoisotopic (exact) mass is 346 g/mol. The zero-order valence-corrected chi connectivity index (χ0v) is 13.7. The average Bonchev–Trinajstić information content (AvgIpc) is 2.53. The maximum atomic E-state index is 12.0. The van der Waals surface area contributed by atoms with Crippen molar-refractivity contribution in [3.8, 4) is 0 Å². The van der Waals surface area contributed by atoms with Gasteiger partial charge in [0.15, 0.2) is 0 Å². The van der Waals surface area contributed by atoms with E-state index >= 15 is 0 Å². The number of rotatable bonds is 5. The molecular weight excluding hydrogens is 328 g/mol. The second-order valence-corrected chi connectivity index (χ2v) is 6.40. The van der Waals surface area contributed by atoms with E-state index in [1.807, 2.05) is 43.4 Å². The highest BCUT2D eigenvalue weighted by molar-refractivity contribution is 9.10. The summed E-state index contributed by atoms with van der Waals surface area (Å²) in [6, 6.07) is 10.1. The minimum absolute atomic E-state index is 0.220. The first-order valence-electron chi connectivity index (χ1n) is 7.13. The lowest BCUT2D eigenvalue weighted by Gasteiger charge is -2.23. The lowest BCUT2D eigenvalue weighted by Crippen LogP contribution is -2.32. The number of benzene rings is 1. The highest BCUT2D eigenvalue weighted by Crippen LogP contribution is 2.31. The van der Waals surface area contributed by atoms with Gasteiger partial charge >= 0.3 is 5.97 Å². The van der Waals surface area contributed by atoms with Gasteiger partial charge in [0.25, 0.3) is 0 Å². The van der Waals surface area contributed by atoms with Crippen molar-refractivity contribution in [3.05, 3.63) is 65.8 Å². The van der Waals surface area contributed by atoms with Crippen molar-refractivity contribution < 1.29 is 9.53 Å². The molecule has 0 bridgehead atoms. The normalized spacial score (nSPS) is 21.3. The molecule has 1 aromatic carbocycles. The number of ether oxygens (including phenoxy) is 1. The third-order valence-corrected chi connectivity index (χ3v) is 4.13. The molecule has 0 saturated carbocycles. The second-order valence-electron chi connectivity index (χ2n) is 4.98. The van der Waals surface area contributed by atoms with E-state index in [0.29, 0.717) is 13.0 Å². The Labute approximate surface area is 134 Å². The number of esters is 1. The Bertz CT molecular complexity index is 572. The largest absolute Gasteiger partial charge is 0.464 e. The van der Waals surface area contributed by atoms with Crippen LogP contribution in [0.15, 0.2) is 60.2 Å². The summed E-state index contributed by atoms with van der Waals surface area (Å²) in [6.45, 7) is 2.45. The predicted octanol–water partition coefficient (Wildman–Crippen LogP) is 4.67. The SMILES string of the molecule is CCCOC(=O)C1(Br)C=CC(C=Cc2ccccc2)=CC1. The average molecular weight is 347 g/mol. The van der Waals surface area contributed by atoms with Crippen LogP contribution >= 0.6 is 15.9 Å². The molecule has 0 aliphatic heterocycles. The lowest BCUT2D eigenvalue weighted by atomic mass is 9.96. The predicted molar refractivity (Wildman–Crippen MR) is 90.2 cm³/mol. The van der Waals surface area contributed by atoms with Crippen molar-refractivity contribution in [3.63, 3.8) is 0 Å². The Balaban J connectivity index is 1.98. The van der Waals surface area contributed by atoms with Gasteiger partial charge < -0.3 is 4.74 Å². The topological polar surface area (TPSA) is 26.3 Å². The minimum Gasteiger partial charge on any atom is -0.464 e. The first kappa shape index (κ1) is 15.8. The molecule has 1 aliphatic carbocycles. The van der Waals surface area contributed by atoms with Crippen LogP contribution < -0.4 is 0 Å². The van der Waals surface area contributed by atoms with Crippen LogP contribution in [0.2, 0.25) is 0 Å². The third kappa shape index (κ3) is 4.43. The van der Waals surface area contributed by atoms with E-state index in [9.17, 15) is 4.79 Å².